The highest BCUT2D eigenvalue weighted by molar-refractivity contribution is 6.58. The molecule has 0 bridgehead atoms. The molecule has 2 aromatic rings. The zero-order valence-corrected chi connectivity index (χ0v) is 7.38. The van der Waals surface area contributed by atoms with Crippen LogP contribution in [0.1, 0.15) is 0 Å². The Hall–Kier alpha value is -1.59. The van der Waals surface area contributed by atoms with Crippen LogP contribution in [0.4, 0.5) is 0 Å². The number of aromatic amines is 1. The van der Waals surface area contributed by atoms with Gasteiger partial charge in [0.15, 0.2) is 0 Å². The van der Waals surface area contributed by atoms with E-state index < -0.39 is 7.12 Å². The number of nitrogens with one attached hydrogen (secondary N) is 1. The minimum Gasteiger partial charge on any atom is -0.423 e. The summed E-state index contributed by atoms with van der Waals surface area (Å²) >= 11 is 0. The number of rotatable bonds is 2. The van der Waals surface area contributed by atoms with Crippen LogP contribution in [0.5, 0.6) is 0 Å². The monoisotopic (exact) mass is 188 g/mol. The lowest BCUT2D eigenvalue weighted by molar-refractivity contribution is 0.426. The SMILES string of the molecule is OB(O)c1ccc(-c2cn[nH]c2)cc1. The van der Waals surface area contributed by atoms with Crippen molar-refractivity contribution in [2.24, 2.45) is 0 Å². The summed E-state index contributed by atoms with van der Waals surface area (Å²) in [4.78, 5) is 0. The first-order valence-corrected chi connectivity index (χ1v) is 4.22. The van der Waals surface area contributed by atoms with Gasteiger partial charge in [-0.15, -0.1) is 0 Å². The van der Waals surface area contributed by atoms with Crippen molar-refractivity contribution in [3.8, 4) is 11.1 Å². The molecule has 0 unspecified atom stereocenters. The largest absolute Gasteiger partial charge is 0.488 e. The van der Waals surface area contributed by atoms with Gasteiger partial charge in [-0.3, -0.25) is 5.10 Å². The first-order valence-electron chi connectivity index (χ1n) is 4.22. The molecule has 0 saturated carbocycles. The highest BCUT2D eigenvalue weighted by atomic mass is 16.4. The van der Waals surface area contributed by atoms with Crippen LogP contribution in [-0.2, 0) is 0 Å². The van der Waals surface area contributed by atoms with E-state index in [1.165, 1.54) is 0 Å². The molecule has 0 fully saturated rings. The van der Waals surface area contributed by atoms with E-state index in [4.69, 9.17) is 10.0 Å². The number of H-pyrrole nitrogens is 1. The van der Waals surface area contributed by atoms with Crippen molar-refractivity contribution in [2.75, 3.05) is 0 Å². The van der Waals surface area contributed by atoms with Crippen LogP contribution in [0, 0.1) is 0 Å². The number of nitrogens with zero attached hydrogens (tertiary/aromatic N) is 1. The second-order valence-corrected chi connectivity index (χ2v) is 2.98. The minimum atomic E-state index is -1.41. The van der Waals surface area contributed by atoms with Crippen molar-refractivity contribution in [2.45, 2.75) is 0 Å². The van der Waals surface area contributed by atoms with Crippen LogP contribution in [0.15, 0.2) is 36.7 Å². The van der Waals surface area contributed by atoms with E-state index in [9.17, 15) is 0 Å². The van der Waals surface area contributed by atoms with Gasteiger partial charge in [0, 0.05) is 11.8 Å². The van der Waals surface area contributed by atoms with Gasteiger partial charge in [-0.05, 0) is 11.0 Å². The number of benzene rings is 1. The number of hydrogen-bond donors (Lipinski definition) is 3. The molecule has 1 aromatic heterocycles. The molecule has 70 valence electrons. The molecule has 0 saturated heterocycles. The van der Waals surface area contributed by atoms with Gasteiger partial charge in [0.25, 0.3) is 0 Å². The van der Waals surface area contributed by atoms with Crippen molar-refractivity contribution in [1.29, 1.82) is 0 Å². The van der Waals surface area contributed by atoms with E-state index in [-0.39, 0.29) is 0 Å². The Bertz CT molecular complexity index is 397. The first kappa shape index (κ1) is 8.99. The summed E-state index contributed by atoms with van der Waals surface area (Å²) in [5.74, 6) is 0. The van der Waals surface area contributed by atoms with Crippen LogP contribution in [0.25, 0.3) is 11.1 Å². The van der Waals surface area contributed by atoms with Crippen molar-refractivity contribution >= 4 is 12.6 Å². The molecule has 5 heteroatoms. The molecule has 0 amide bonds. The predicted octanol–water partition coefficient (Wildman–Crippen LogP) is -0.244. The third-order valence-corrected chi connectivity index (χ3v) is 2.04. The van der Waals surface area contributed by atoms with Crippen molar-refractivity contribution < 1.29 is 10.0 Å². The smallest absolute Gasteiger partial charge is 0.423 e. The fourth-order valence-corrected chi connectivity index (χ4v) is 1.26. The molecule has 0 atom stereocenters. The van der Waals surface area contributed by atoms with E-state index in [0.29, 0.717) is 5.46 Å². The highest BCUT2D eigenvalue weighted by Gasteiger charge is 2.09. The van der Waals surface area contributed by atoms with Crippen LogP contribution >= 0.6 is 0 Å². The summed E-state index contributed by atoms with van der Waals surface area (Å²) in [6, 6.07) is 6.99. The summed E-state index contributed by atoms with van der Waals surface area (Å²) < 4.78 is 0. The summed E-state index contributed by atoms with van der Waals surface area (Å²) in [7, 11) is -1.41. The Balaban J connectivity index is 2.31. The van der Waals surface area contributed by atoms with Crippen LogP contribution in [0.2, 0.25) is 0 Å². The molecule has 0 spiro atoms. The van der Waals surface area contributed by atoms with E-state index >= 15 is 0 Å². The topological polar surface area (TPSA) is 69.1 Å². The third kappa shape index (κ3) is 1.68. The molecule has 1 aromatic carbocycles. The molecule has 4 nitrogen and oxygen atoms in total. The molecule has 0 aliphatic carbocycles. The normalized spacial score (nSPS) is 10.1. The lowest BCUT2D eigenvalue weighted by Crippen LogP contribution is -2.29. The van der Waals surface area contributed by atoms with Crippen LogP contribution < -0.4 is 5.46 Å². The quantitative estimate of drug-likeness (QED) is 0.569. The second kappa shape index (κ2) is 3.65. The lowest BCUT2D eigenvalue weighted by atomic mass is 9.80. The molecule has 2 rings (SSSR count). The van der Waals surface area contributed by atoms with Gasteiger partial charge in [0.2, 0.25) is 0 Å². The molecular formula is C9H9BN2O2. The first-order chi connectivity index (χ1) is 6.77. The van der Waals surface area contributed by atoms with Gasteiger partial charge in [0.05, 0.1) is 6.20 Å². The zero-order valence-electron chi connectivity index (χ0n) is 7.38. The summed E-state index contributed by atoms with van der Waals surface area (Å²) in [6.45, 7) is 0. The summed E-state index contributed by atoms with van der Waals surface area (Å²) in [5, 5.41) is 24.3. The Morgan fingerprint density at radius 3 is 2.29 bits per heavy atom. The maximum Gasteiger partial charge on any atom is 0.488 e. The zero-order chi connectivity index (χ0) is 9.97. The third-order valence-electron chi connectivity index (χ3n) is 2.04. The Kier molecular flexibility index (Phi) is 2.34. The molecule has 14 heavy (non-hydrogen) atoms. The molecule has 1 heterocycles. The molecule has 0 aliphatic heterocycles. The Labute approximate surface area is 81.4 Å². The van der Waals surface area contributed by atoms with Gasteiger partial charge in [-0.2, -0.15) is 5.10 Å². The van der Waals surface area contributed by atoms with Crippen molar-refractivity contribution in [1.82, 2.24) is 10.2 Å². The predicted molar refractivity (Wildman–Crippen MR) is 53.8 cm³/mol. The van der Waals surface area contributed by atoms with Gasteiger partial charge >= 0.3 is 7.12 Å². The molecule has 0 aliphatic rings. The fourth-order valence-electron chi connectivity index (χ4n) is 1.26. The summed E-state index contributed by atoms with van der Waals surface area (Å²) in [5.41, 5.74) is 2.45. The standard InChI is InChI=1S/C9H9BN2O2/c13-10(14)9-3-1-7(2-4-9)8-5-11-12-6-8/h1-6,13-14H,(H,11,12). The maximum atomic E-state index is 8.88. The molecule has 0 radical (unpaired) electrons. The van der Waals surface area contributed by atoms with E-state index in [2.05, 4.69) is 10.2 Å². The van der Waals surface area contributed by atoms with Crippen molar-refractivity contribution in [3.63, 3.8) is 0 Å². The minimum absolute atomic E-state index is 0.484. The van der Waals surface area contributed by atoms with Crippen LogP contribution in [0.3, 0.4) is 0 Å². The van der Waals surface area contributed by atoms with E-state index in [0.717, 1.165) is 11.1 Å². The van der Waals surface area contributed by atoms with Gasteiger partial charge in [-0.25, -0.2) is 0 Å². The van der Waals surface area contributed by atoms with Crippen molar-refractivity contribution in [3.05, 3.63) is 36.7 Å². The average molecular weight is 188 g/mol. The van der Waals surface area contributed by atoms with E-state index in [1.807, 2.05) is 12.1 Å². The van der Waals surface area contributed by atoms with Gasteiger partial charge in [-0.1, -0.05) is 24.3 Å². The van der Waals surface area contributed by atoms with Crippen LogP contribution in [-0.4, -0.2) is 27.4 Å². The molecular weight excluding hydrogens is 179 g/mol. The van der Waals surface area contributed by atoms with E-state index in [1.54, 1.807) is 24.5 Å². The average Bonchev–Trinajstić information content (AvgIpc) is 2.71. The lowest BCUT2D eigenvalue weighted by Gasteiger charge is -2.00. The van der Waals surface area contributed by atoms with Gasteiger partial charge in [0.1, 0.15) is 0 Å². The summed E-state index contributed by atoms with van der Waals surface area (Å²) in [6.07, 6.45) is 3.49. The van der Waals surface area contributed by atoms with Gasteiger partial charge < -0.3 is 10.0 Å². The second-order valence-electron chi connectivity index (χ2n) is 2.98. The number of aromatic nitrogens is 2. The Morgan fingerprint density at radius 2 is 1.79 bits per heavy atom. The maximum absolute atomic E-state index is 8.88. The number of hydrogen-bond acceptors (Lipinski definition) is 3. The highest BCUT2D eigenvalue weighted by Crippen LogP contribution is 2.15. The Morgan fingerprint density at radius 1 is 1.07 bits per heavy atom. The molecule has 3 N–H and O–H groups in total. The fraction of sp³-hybridized carbons (Fsp3) is 0.